The summed E-state index contributed by atoms with van der Waals surface area (Å²) >= 11 is 0. The number of ether oxygens (including phenoxy) is 3. The Hall–Kier alpha value is -2.12. The van der Waals surface area contributed by atoms with E-state index in [1.807, 2.05) is 30.3 Å². The number of likely N-dealkylation sites (N-methyl/N-ethyl adjacent to an activating group) is 1. The third kappa shape index (κ3) is 5.17. The van der Waals surface area contributed by atoms with E-state index >= 15 is 0 Å². The fraction of sp³-hybridized carbons (Fsp3) is 0.556. The molecule has 1 aromatic carbocycles. The van der Waals surface area contributed by atoms with Gasteiger partial charge in [-0.15, -0.1) is 0 Å². The minimum Gasteiger partial charge on any atom is -0.479 e. The van der Waals surface area contributed by atoms with Crippen LogP contribution in [0, 0.1) is 0 Å². The van der Waals surface area contributed by atoms with Crippen molar-refractivity contribution in [3.63, 3.8) is 0 Å². The van der Waals surface area contributed by atoms with Gasteiger partial charge < -0.3 is 24.2 Å². The lowest BCUT2D eigenvalue weighted by Gasteiger charge is -2.31. The Kier molecular flexibility index (Phi) is 6.02. The second kappa shape index (κ2) is 7.84. The number of benzene rings is 1. The third-order valence-corrected chi connectivity index (χ3v) is 3.83. The SMILES string of the molecule is CN(C(=O)OC(C)(C)C)[C@H]1CO[C@@H](C(=O)O)[C@@H]1OCc1ccccc1. The van der Waals surface area contributed by atoms with Crippen LogP contribution < -0.4 is 0 Å². The fourth-order valence-corrected chi connectivity index (χ4v) is 2.57. The van der Waals surface area contributed by atoms with Gasteiger partial charge in [0.1, 0.15) is 11.7 Å². The zero-order chi connectivity index (χ0) is 18.6. The first-order valence-corrected chi connectivity index (χ1v) is 8.15. The smallest absolute Gasteiger partial charge is 0.410 e. The second-order valence-corrected chi connectivity index (χ2v) is 7.01. The van der Waals surface area contributed by atoms with Crippen molar-refractivity contribution in [3.05, 3.63) is 35.9 Å². The van der Waals surface area contributed by atoms with Crippen molar-refractivity contribution in [2.45, 2.75) is 51.2 Å². The molecule has 0 bridgehead atoms. The van der Waals surface area contributed by atoms with Crippen LogP contribution in [0.25, 0.3) is 0 Å². The molecule has 1 fully saturated rings. The third-order valence-electron chi connectivity index (χ3n) is 3.83. The number of carboxylic acids is 1. The van der Waals surface area contributed by atoms with Crippen LogP contribution in [-0.4, -0.2) is 59.6 Å². The van der Waals surface area contributed by atoms with Gasteiger partial charge in [-0.1, -0.05) is 30.3 Å². The Labute approximate surface area is 147 Å². The molecule has 0 unspecified atom stereocenters. The van der Waals surface area contributed by atoms with Gasteiger partial charge in [0.05, 0.1) is 19.3 Å². The van der Waals surface area contributed by atoms with Crippen LogP contribution in [0.3, 0.4) is 0 Å². The minimum atomic E-state index is -1.13. The minimum absolute atomic E-state index is 0.0756. The second-order valence-electron chi connectivity index (χ2n) is 7.01. The summed E-state index contributed by atoms with van der Waals surface area (Å²) in [6.07, 6.45) is -2.45. The molecule has 1 aliphatic rings. The van der Waals surface area contributed by atoms with Gasteiger partial charge in [-0.05, 0) is 26.3 Å². The lowest BCUT2D eigenvalue weighted by Crippen LogP contribution is -2.49. The largest absolute Gasteiger partial charge is 0.479 e. The maximum atomic E-state index is 12.3. The number of aliphatic carboxylic acids is 1. The number of amides is 1. The van der Waals surface area contributed by atoms with Gasteiger partial charge in [0.2, 0.25) is 0 Å². The summed E-state index contributed by atoms with van der Waals surface area (Å²) in [4.78, 5) is 25.1. The van der Waals surface area contributed by atoms with E-state index in [2.05, 4.69) is 0 Å². The van der Waals surface area contributed by atoms with E-state index in [4.69, 9.17) is 14.2 Å². The zero-order valence-corrected chi connectivity index (χ0v) is 15.0. The summed E-state index contributed by atoms with van der Waals surface area (Å²) in [6.45, 7) is 5.62. The summed E-state index contributed by atoms with van der Waals surface area (Å²) in [5, 5.41) is 9.37. The van der Waals surface area contributed by atoms with Crippen LogP contribution in [0.1, 0.15) is 26.3 Å². The molecule has 1 aromatic rings. The number of hydrogen-bond donors (Lipinski definition) is 1. The van der Waals surface area contributed by atoms with E-state index in [1.165, 1.54) is 4.90 Å². The quantitative estimate of drug-likeness (QED) is 0.876. The van der Waals surface area contributed by atoms with Gasteiger partial charge >= 0.3 is 12.1 Å². The van der Waals surface area contributed by atoms with Crippen molar-refractivity contribution in [2.24, 2.45) is 0 Å². The highest BCUT2D eigenvalue weighted by Gasteiger charge is 2.46. The number of rotatable bonds is 5. The molecule has 1 heterocycles. The summed E-state index contributed by atoms with van der Waals surface area (Å²) < 4.78 is 16.5. The van der Waals surface area contributed by atoms with Crippen molar-refractivity contribution in [3.8, 4) is 0 Å². The molecular formula is C18H25NO6. The van der Waals surface area contributed by atoms with Crippen LogP contribution in [0.2, 0.25) is 0 Å². The predicted octanol–water partition coefficient (Wildman–Crippen LogP) is 2.29. The number of carboxylic acid groups (broad SMARTS) is 1. The van der Waals surface area contributed by atoms with E-state index in [-0.39, 0.29) is 13.2 Å². The molecule has 1 amide bonds. The monoisotopic (exact) mass is 351 g/mol. The van der Waals surface area contributed by atoms with Gasteiger partial charge in [-0.3, -0.25) is 0 Å². The molecule has 3 atom stereocenters. The molecule has 0 aromatic heterocycles. The standard InChI is InChI=1S/C18H25NO6/c1-18(2,3)25-17(22)19(4)13-11-24-15(16(20)21)14(13)23-10-12-8-6-5-7-9-12/h5-9,13-15H,10-11H2,1-4H3,(H,20,21)/t13-,14+,15+/m0/s1. The molecule has 1 N–H and O–H groups in total. The van der Waals surface area contributed by atoms with E-state index in [9.17, 15) is 14.7 Å². The molecule has 7 nitrogen and oxygen atoms in total. The summed E-state index contributed by atoms with van der Waals surface area (Å²) in [5.41, 5.74) is 0.273. The van der Waals surface area contributed by atoms with Gasteiger partial charge in [0, 0.05) is 7.05 Å². The first-order valence-electron chi connectivity index (χ1n) is 8.15. The Morgan fingerprint density at radius 3 is 2.48 bits per heavy atom. The maximum Gasteiger partial charge on any atom is 0.410 e. The molecule has 0 spiro atoms. The fourth-order valence-electron chi connectivity index (χ4n) is 2.57. The number of carbonyl (C=O) groups is 2. The van der Waals surface area contributed by atoms with E-state index < -0.39 is 35.9 Å². The van der Waals surface area contributed by atoms with Gasteiger partial charge in [0.15, 0.2) is 6.10 Å². The maximum absolute atomic E-state index is 12.3. The molecule has 1 aliphatic heterocycles. The van der Waals surface area contributed by atoms with Gasteiger partial charge in [-0.2, -0.15) is 0 Å². The van der Waals surface area contributed by atoms with Crippen LogP contribution in [0.15, 0.2) is 30.3 Å². The molecule has 25 heavy (non-hydrogen) atoms. The van der Waals surface area contributed by atoms with Crippen molar-refractivity contribution < 1.29 is 28.9 Å². The average Bonchev–Trinajstić information content (AvgIpc) is 2.95. The molecule has 7 heteroatoms. The average molecular weight is 351 g/mol. The van der Waals surface area contributed by atoms with Crippen molar-refractivity contribution in [1.82, 2.24) is 4.90 Å². The predicted molar refractivity (Wildman–Crippen MR) is 90.2 cm³/mol. The Morgan fingerprint density at radius 2 is 1.92 bits per heavy atom. The summed E-state index contributed by atoms with van der Waals surface area (Å²) in [6, 6.07) is 8.88. The highest BCUT2D eigenvalue weighted by atomic mass is 16.6. The number of hydrogen-bond acceptors (Lipinski definition) is 5. The Morgan fingerprint density at radius 1 is 1.28 bits per heavy atom. The lowest BCUT2D eigenvalue weighted by molar-refractivity contribution is -0.154. The lowest BCUT2D eigenvalue weighted by atomic mass is 10.1. The van der Waals surface area contributed by atoms with E-state index in [0.717, 1.165) is 5.56 Å². The molecule has 1 saturated heterocycles. The van der Waals surface area contributed by atoms with Crippen LogP contribution in [0.5, 0.6) is 0 Å². The van der Waals surface area contributed by atoms with Crippen molar-refractivity contribution >= 4 is 12.1 Å². The molecule has 2 rings (SSSR count). The van der Waals surface area contributed by atoms with Crippen molar-refractivity contribution in [1.29, 1.82) is 0 Å². The molecule has 138 valence electrons. The normalized spacial score (nSPS) is 23.3. The molecule has 0 radical (unpaired) electrons. The van der Waals surface area contributed by atoms with Gasteiger partial charge in [-0.25, -0.2) is 9.59 Å². The summed E-state index contributed by atoms with van der Waals surface area (Å²) in [5.74, 6) is -1.11. The number of nitrogens with zero attached hydrogens (tertiary/aromatic N) is 1. The van der Waals surface area contributed by atoms with Crippen LogP contribution in [-0.2, 0) is 25.6 Å². The highest BCUT2D eigenvalue weighted by molar-refractivity contribution is 5.74. The van der Waals surface area contributed by atoms with Crippen LogP contribution >= 0.6 is 0 Å². The van der Waals surface area contributed by atoms with Crippen molar-refractivity contribution in [2.75, 3.05) is 13.7 Å². The highest BCUT2D eigenvalue weighted by Crippen LogP contribution is 2.25. The van der Waals surface area contributed by atoms with E-state index in [1.54, 1.807) is 27.8 Å². The Balaban J connectivity index is 2.09. The van der Waals surface area contributed by atoms with E-state index in [0.29, 0.717) is 0 Å². The molecular weight excluding hydrogens is 326 g/mol. The van der Waals surface area contributed by atoms with Crippen LogP contribution in [0.4, 0.5) is 4.79 Å². The molecule has 0 saturated carbocycles. The first kappa shape index (κ1) is 19.2. The zero-order valence-electron chi connectivity index (χ0n) is 15.0. The first-order chi connectivity index (χ1) is 11.7. The summed E-state index contributed by atoms with van der Waals surface area (Å²) in [7, 11) is 1.56. The molecule has 0 aliphatic carbocycles. The number of carbonyl (C=O) groups excluding carboxylic acids is 1. The topological polar surface area (TPSA) is 85.3 Å². The Bertz CT molecular complexity index is 597. The van der Waals surface area contributed by atoms with Gasteiger partial charge in [0.25, 0.3) is 0 Å².